The van der Waals surface area contributed by atoms with Crippen LogP contribution in [0.5, 0.6) is 0 Å². The number of ether oxygens (including phenoxy) is 13. The molecule has 0 aliphatic rings. The van der Waals surface area contributed by atoms with Gasteiger partial charge in [0, 0.05) is 6.61 Å². The van der Waals surface area contributed by atoms with Gasteiger partial charge in [-0.05, 0) is 27.2 Å². The smallest absolute Gasteiger partial charge is 0.308 e. The molecule has 14 nitrogen and oxygen atoms in total. The summed E-state index contributed by atoms with van der Waals surface area (Å²) in [6.07, 6.45) is 5.12. The molecule has 0 aromatic rings. The first-order chi connectivity index (χ1) is 24.0. The zero-order valence-electron chi connectivity index (χ0n) is 31.2. The van der Waals surface area contributed by atoms with Crippen LogP contribution in [0.25, 0.3) is 0 Å². The molecular weight excluding hydrogens is 644 g/mol. The van der Waals surface area contributed by atoms with Gasteiger partial charge in [0.05, 0.1) is 158 Å². The summed E-state index contributed by atoms with van der Waals surface area (Å²) >= 11 is 0. The van der Waals surface area contributed by atoms with Gasteiger partial charge in [-0.15, -0.1) is 0 Å². The van der Waals surface area contributed by atoms with E-state index >= 15 is 0 Å². The van der Waals surface area contributed by atoms with E-state index in [0.717, 1.165) is 13.0 Å². The van der Waals surface area contributed by atoms with Gasteiger partial charge in [0.1, 0.15) is 5.60 Å². The molecular formula is C35H70O14. The van der Waals surface area contributed by atoms with Crippen molar-refractivity contribution in [3.05, 3.63) is 0 Å². The van der Waals surface area contributed by atoms with Crippen molar-refractivity contribution >= 4 is 5.97 Å². The fourth-order valence-electron chi connectivity index (χ4n) is 3.70. The molecule has 0 amide bonds. The van der Waals surface area contributed by atoms with Crippen LogP contribution in [0, 0.1) is 0 Å². The first-order valence-corrected chi connectivity index (χ1v) is 18.1. The van der Waals surface area contributed by atoms with E-state index in [2.05, 4.69) is 6.92 Å². The van der Waals surface area contributed by atoms with Crippen molar-refractivity contribution in [3.8, 4) is 0 Å². The second-order valence-electron chi connectivity index (χ2n) is 11.7. The Bertz CT molecular complexity index is 650. The Hall–Kier alpha value is -1.01. The highest BCUT2D eigenvalue weighted by molar-refractivity contribution is 5.69. The van der Waals surface area contributed by atoms with E-state index in [4.69, 9.17) is 61.6 Å². The van der Waals surface area contributed by atoms with E-state index in [1.54, 1.807) is 0 Å². The summed E-state index contributed by atoms with van der Waals surface area (Å²) in [7, 11) is 0. The van der Waals surface area contributed by atoms with Crippen LogP contribution in [-0.2, 0) is 66.4 Å². The van der Waals surface area contributed by atoms with E-state index < -0.39 is 5.60 Å². The highest BCUT2D eigenvalue weighted by Crippen LogP contribution is 2.08. The maximum absolute atomic E-state index is 11.6. The Morgan fingerprint density at radius 3 is 0.837 bits per heavy atom. The van der Waals surface area contributed by atoms with E-state index in [0.29, 0.717) is 152 Å². The second kappa shape index (κ2) is 39.8. The van der Waals surface area contributed by atoms with Gasteiger partial charge in [-0.3, -0.25) is 4.79 Å². The number of carbonyl (C=O) groups excluding carboxylic acids is 1. The molecule has 0 heterocycles. The molecule has 0 rings (SSSR count). The Kier molecular flexibility index (Phi) is 39.0. The van der Waals surface area contributed by atoms with Crippen LogP contribution in [-0.4, -0.2) is 170 Å². The van der Waals surface area contributed by atoms with Crippen LogP contribution in [0.3, 0.4) is 0 Å². The third-order valence-electron chi connectivity index (χ3n) is 6.10. The van der Waals surface area contributed by atoms with Crippen molar-refractivity contribution < 1.29 is 66.4 Å². The average Bonchev–Trinajstić information content (AvgIpc) is 3.06. The van der Waals surface area contributed by atoms with Gasteiger partial charge >= 0.3 is 5.97 Å². The van der Waals surface area contributed by atoms with Gasteiger partial charge in [-0.25, -0.2) is 0 Å². The molecule has 0 saturated heterocycles. The van der Waals surface area contributed by atoms with Gasteiger partial charge in [0.25, 0.3) is 0 Å². The summed E-state index contributed by atoms with van der Waals surface area (Å²) in [6, 6.07) is 0. The van der Waals surface area contributed by atoms with E-state index in [9.17, 15) is 4.79 Å². The Balaban J connectivity index is 3.09. The molecule has 0 aliphatic carbocycles. The monoisotopic (exact) mass is 714 g/mol. The van der Waals surface area contributed by atoms with Gasteiger partial charge in [0.2, 0.25) is 0 Å². The third kappa shape index (κ3) is 45.0. The second-order valence-corrected chi connectivity index (χ2v) is 11.7. The quantitative estimate of drug-likeness (QED) is 0.0675. The molecule has 0 N–H and O–H groups in total. The topological polar surface area (TPSA) is 137 Å². The number of carbonyl (C=O) groups is 1. The maximum Gasteiger partial charge on any atom is 0.308 e. The Morgan fingerprint density at radius 1 is 0.347 bits per heavy atom. The molecule has 294 valence electrons. The fourth-order valence-corrected chi connectivity index (χ4v) is 3.70. The van der Waals surface area contributed by atoms with Gasteiger partial charge in [-0.1, -0.05) is 26.2 Å². The molecule has 0 radical (unpaired) electrons. The minimum atomic E-state index is -0.473. The lowest BCUT2D eigenvalue weighted by Gasteiger charge is -2.19. The van der Waals surface area contributed by atoms with Crippen LogP contribution < -0.4 is 0 Å². The largest absolute Gasteiger partial charge is 0.460 e. The lowest BCUT2D eigenvalue weighted by molar-refractivity contribution is -0.156. The first-order valence-electron chi connectivity index (χ1n) is 18.1. The van der Waals surface area contributed by atoms with Crippen molar-refractivity contribution in [2.45, 2.75) is 65.4 Å². The van der Waals surface area contributed by atoms with E-state index in [1.165, 1.54) is 19.3 Å². The van der Waals surface area contributed by atoms with Gasteiger partial charge < -0.3 is 61.6 Å². The van der Waals surface area contributed by atoms with Crippen molar-refractivity contribution in [2.24, 2.45) is 0 Å². The lowest BCUT2D eigenvalue weighted by Crippen LogP contribution is -2.24. The lowest BCUT2D eigenvalue weighted by atomic mass is 10.2. The predicted molar refractivity (Wildman–Crippen MR) is 184 cm³/mol. The molecule has 0 aliphatic heterocycles. The normalized spacial score (nSPS) is 11.8. The van der Waals surface area contributed by atoms with Crippen LogP contribution in [0.4, 0.5) is 0 Å². The number of hydrogen-bond donors (Lipinski definition) is 0. The molecule has 0 spiro atoms. The van der Waals surface area contributed by atoms with Crippen molar-refractivity contribution in [3.63, 3.8) is 0 Å². The number of hydrogen-bond acceptors (Lipinski definition) is 14. The Morgan fingerprint density at radius 2 is 0.592 bits per heavy atom. The molecule has 0 aromatic carbocycles. The first kappa shape index (κ1) is 48.0. The maximum atomic E-state index is 11.6. The van der Waals surface area contributed by atoms with Crippen molar-refractivity contribution in [1.82, 2.24) is 0 Å². The van der Waals surface area contributed by atoms with E-state index in [-0.39, 0.29) is 12.4 Å². The summed E-state index contributed by atoms with van der Waals surface area (Å²) < 4.78 is 70.9. The number of unbranched alkanes of at least 4 members (excludes halogenated alkanes) is 3. The molecule has 0 saturated carbocycles. The summed E-state index contributed by atoms with van der Waals surface area (Å²) in [5.41, 5.74) is -0.473. The van der Waals surface area contributed by atoms with E-state index in [1.807, 2.05) is 20.8 Å². The minimum Gasteiger partial charge on any atom is -0.460 e. The van der Waals surface area contributed by atoms with Crippen LogP contribution in [0.2, 0.25) is 0 Å². The summed E-state index contributed by atoms with van der Waals surface area (Å²) in [5, 5.41) is 0. The average molecular weight is 715 g/mol. The zero-order valence-corrected chi connectivity index (χ0v) is 31.2. The third-order valence-corrected chi connectivity index (χ3v) is 6.10. The molecule has 0 atom stereocenters. The number of rotatable bonds is 41. The molecule has 14 heteroatoms. The SMILES string of the molecule is CCCCCCOCCOCCOCCOCCOCCOCCOCCOCCOCCOCCOCCOCCC(=O)OC(C)(C)C. The Labute approximate surface area is 296 Å². The van der Waals surface area contributed by atoms with Gasteiger partial charge in [-0.2, -0.15) is 0 Å². The van der Waals surface area contributed by atoms with Crippen molar-refractivity contribution in [1.29, 1.82) is 0 Å². The molecule has 0 aromatic heterocycles. The van der Waals surface area contributed by atoms with Crippen LogP contribution >= 0.6 is 0 Å². The standard InChI is InChI=1S/C35H70O14/c1-5-6-7-8-10-37-12-14-39-16-18-41-20-22-43-24-26-45-28-30-47-32-33-48-31-29-46-27-25-44-23-21-42-19-17-40-15-13-38-11-9-34(36)49-35(2,3)4/h5-33H2,1-4H3. The molecule has 0 bridgehead atoms. The summed E-state index contributed by atoms with van der Waals surface area (Å²) in [6.45, 7) is 20.1. The summed E-state index contributed by atoms with van der Waals surface area (Å²) in [5.74, 6) is -0.264. The van der Waals surface area contributed by atoms with Crippen LogP contribution in [0.15, 0.2) is 0 Å². The van der Waals surface area contributed by atoms with Gasteiger partial charge in [0.15, 0.2) is 0 Å². The minimum absolute atomic E-state index is 0.233. The van der Waals surface area contributed by atoms with Crippen LogP contribution in [0.1, 0.15) is 59.8 Å². The molecule has 49 heavy (non-hydrogen) atoms. The summed E-state index contributed by atoms with van der Waals surface area (Å²) in [4.78, 5) is 11.6. The fraction of sp³-hybridized carbons (Fsp3) is 0.971. The number of esters is 1. The zero-order chi connectivity index (χ0) is 35.8. The predicted octanol–water partition coefficient (Wildman–Crippen LogP) is 3.50. The van der Waals surface area contributed by atoms with Crippen molar-refractivity contribution in [2.75, 3.05) is 159 Å². The molecule has 0 fully saturated rings. The highest BCUT2D eigenvalue weighted by atomic mass is 16.6. The highest BCUT2D eigenvalue weighted by Gasteiger charge is 2.15. The molecule has 0 unspecified atom stereocenters.